The summed E-state index contributed by atoms with van der Waals surface area (Å²) in [6.07, 6.45) is 1.77. The van der Waals surface area contributed by atoms with E-state index < -0.39 is 16.0 Å². The van der Waals surface area contributed by atoms with Crippen LogP contribution in [0.4, 0.5) is 0 Å². The summed E-state index contributed by atoms with van der Waals surface area (Å²) in [5.41, 5.74) is 0.623. The van der Waals surface area contributed by atoms with Crippen LogP contribution in [0.1, 0.15) is 35.7 Å². The lowest BCUT2D eigenvalue weighted by Crippen LogP contribution is -2.39. The molecule has 0 amide bonds. The number of rotatable bonds is 7. The number of esters is 1. The van der Waals surface area contributed by atoms with E-state index in [4.69, 9.17) is 26.3 Å². The molecule has 1 fully saturated rings. The number of hydrogen-bond donors (Lipinski definition) is 0. The van der Waals surface area contributed by atoms with Crippen molar-refractivity contribution in [3.05, 3.63) is 58.6 Å². The molecule has 0 N–H and O–H groups in total. The lowest BCUT2D eigenvalue weighted by molar-refractivity contribution is 0.0450. The van der Waals surface area contributed by atoms with E-state index in [1.54, 1.807) is 24.3 Å². The molecular weight excluding hydrogens is 440 g/mol. The van der Waals surface area contributed by atoms with E-state index >= 15 is 0 Å². The highest BCUT2D eigenvalue weighted by Crippen LogP contribution is 2.29. The molecule has 1 saturated heterocycles. The summed E-state index contributed by atoms with van der Waals surface area (Å²) in [5, 5.41) is 8.86. The maximum absolute atomic E-state index is 13.0. The molecule has 1 atom stereocenters. The van der Waals surface area contributed by atoms with Gasteiger partial charge in [0.15, 0.2) is 0 Å². The average Bonchev–Trinajstić information content (AvgIpc) is 2.77. The Balaban J connectivity index is 1.62. The van der Waals surface area contributed by atoms with E-state index in [1.807, 2.05) is 13.0 Å². The fourth-order valence-corrected chi connectivity index (χ4v) is 5.43. The smallest absolute Gasteiger partial charge is 0.338 e. The van der Waals surface area contributed by atoms with E-state index in [0.717, 1.165) is 12.8 Å². The first-order chi connectivity index (χ1) is 14.8. The third-order valence-corrected chi connectivity index (χ3v) is 7.32. The van der Waals surface area contributed by atoms with Crippen molar-refractivity contribution in [3.63, 3.8) is 0 Å². The molecule has 0 aromatic heterocycles. The number of carbonyl (C=O) groups is 1. The van der Waals surface area contributed by atoms with Gasteiger partial charge in [0, 0.05) is 13.1 Å². The Labute approximate surface area is 187 Å². The quantitative estimate of drug-likeness (QED) is 0.457. The lowest BCUT2D eigenvalue weighted by Gasteiger charge is -2.30. The van der Waals surface area contributed by atoms with Crippen molar-refractivity contribution in [1.29, 1.82) is 5.26 Å². The number of benzene rings is 2. The van der Waals surface area contributed by atoms with Crippen LogP contribution >= 0.6 is 11.6 Å². The van der Waals surface area contributed by atoms with Gasteiger partial charge in [-0.15, -0.1) is 0 Å². The molecule has 1 unspecified atom stereocenters. The molecule has 0 saturated carbocycles. The molecule has 31 heavy (non-hydrogen) atoms. The van der Waals surface area contributed by atoms with Gasteiger partial charge in [0.05, 0.1) is 22.2 Å². The van der Waals surface area contributed by atoms with Gasteiger partial charge in [-0.1, -0.05) is 18.5 Å². The molecule has 7 nitrogen and oxygen atoms in total. The van der Waals surface area contributed by atoms with Crippen LogP contribution in [-0.4, -0.2) is 45.0 Å². The van der Waals surface area contributed by atoms with E-state index in [-0.39, 0.29) is 34.6 Å². The van der Waals surface area contributed by atoms with Gasteiger partial charge >= 0.3 is 5.97 Å². The SMILES string of the molecule is CC1CCCN(S(=O)(=O)c2cc(C(=O)OCCOc3ccc(C#N)cc3)ccc2Cl)C1. The van der Waals surface area contributed by atoms with Gasteiger partial charge < -0.3 is 9.47 Å². The molecule has 2 aromatic carbocycles. The molecule has 1 heterocycles. The summed E-state index contributed by atoms with van der Waals surface area (Å²) < 4.78 is 38.2. The van der Waals surface area contributed by atoms with Crippen molar-refractivity contribution >= 4 is 27.6 Å². The number of nitriles is 1. The Kier molecular flexibility index (Phi) is 7.55. The highest BCUT2D eigenvalue weighted by atomic mass is 35.5. The number of nitrogens with zero attached hydrogens (tertiary/aromatic N) is 2. The number of piperidine rings is 1. The zero-order valence-electron chi connectivity index (χ0n) is 17.1. The Morgan fingerprint density at radius 2 is 1.97 bits per heavy atom. The van der Waals surface area contributed by atoms with Crippen LogP contribution in [-0.2, 0) is 14.8 Å². The zero-order chi connectivity index (χ0) is 22.4. The molecule has 164 valence electrons. The van der Waals surface area contributed by atoms with Crippen molar-refractivity contribution in [2.75, 3.05) is 26.3 Å². The molecule has 0 bridgehead atoms. The number of halogens is 1. The number of sulfonamides is 1. The summed E-state index contributed by atoms with van der Waals surface area (Å²) in [6.45, 7) is 2.97. The van der Waals surface area contributed by atoms with E-state index in [1.165, 1.54) is 22.5 Å². The minimum Gasteiger partial charge on any atom is -0.490 e. The number of carbonyl (C=O) groups excluding carboxylic acids is 1. The molecule has 3 rings (SSSR count). The normalized spacial score (nSPS) is 17.0. The van der Waals surface area contributed by atoms with Gasteiger partial charge in [-0.2, -0.15) is 9.57 Å². The third-order valence-electron chi connectivity index (χ3n) is 4.97. The molecule has 0 aliphatic carbocycles. The second-order valence-electron chi connectivity index (χ2n) is 7.38. The third kappa shape index (κ3) is 5.76. The summed E-state index contributed by atoms with van der Waals surface area (Å²) in [4.78, 5) is 12.3. The first kappa shape index (κ1) is 23.1. The first-order valence-electron chi connectivity index (χ1n) is 9.91. The lowest BCUT2D eigenvalue weighted by atomic mass is 10.0. The fraction of sp³-hybridized carbons (Fsp3) is 0.364. The van der Waals surface area contributed by atoms with E-state index in [2.05, 4.69) is 0 Å². The van der Waals surface area contributed by atoms with Crippen LogP contribution in [0.3, 0.4) is 0 Å². The van der Waals surface area contributed by atoms with Gasteiger partial charge in [0.1, 0.15) is 23.9 Å². The van der Waals surface area contributed by atoms with E-state index in [0.29, 0.717) is 24.4 Å². The van der Waals surface area contributed by atoms with Crippen molar-refractivity contribution in [1.82, 2.24) is 4.31 Å². The van der Waals surface area contributed by atoms with Crippen LogP contribution < -0.4 is 4.74 Å². The predicted molar refractivity (Wildman–Crippen MR) is 116 cm³/mol. The monoisotopic (exact) mass is 462 g/mol. The molecule has 1 aliphatic rings. The summed E-state index contributed by atoms with van der Waals surface area (Å²) in [7, 11) is -3.80. The first-order valence-corrected chi connectivity index (χ1v) is 11.7. The van der Waals surface area contributed by atoms with Crippen molar-refractivity contribution < 1.29 is 22.7 Å². The minimum atomic E-state index is -3.80. The van der Waals surface area contributed by atoms with Gasteiger partial charge in [0.2, 0.25) is 10.0 Å². The Bertz CT molecular complexity index is 1080. The van der Waals surface area contributed by atoms with Crippen LogP contribution in [0.2, 0.25) is 5.02 Å². The predicted octanol–water partition coefficient (Wildman–Crippen LogP) is 3.87. The molecule has 0 radical (unpaired) electrons. The average molecular weight is 463 g/mol. The Morgan fingerprint density at radius 3 is 2.65 bits per heavy atom. The van der Waals surface area contributed by atoms with Crippen LogP contribution in [0.5, 0.6) is 5.75 Å². The fourth-order valence-electron chi connectivity index (χ4n) is 3.33. The summed E-state index contributed by atoms with van der Waals surface area (Å²) in [6, 6.07) is 12.7. The zero-order valence-corrected chi connectivity index (χ0v) is 18.7. The number of hydrogen-bond acceptors (Lipinski definition) is 6. The maximum atomic E-state index is 13.0. The van der Waals surface area contributed by atoms with Crippen LogP contribution in [0.15, 0.2) is 47.4 Å². The Morgan fingerprint density at radius 1 is 1.23 bits per heavy atom. The number of ether oxygens (including phenoxy) is 2. The Hall–Kier alpha value is -2.60. The standard InChI is InChI=1S/C22H23ClN2O5S/c1-16-3-2-10-25(15-16)31(27,28)21-13-18(6-9-20(21)23)22(26)30-12-11-29-19-7-4-17(14-24)5-8-19/h4-9,13,16H,2-3,10-12,15H2,1H3. The second-order valence-corrected chi connectivity index (χ2v) is 9.69. The highest BCUT2D eigenvalue weighted by Gasteiger charge is 2.31. The summed E-state index contributed by atoms with van der Waals surface area (Å²) in [5.74, 6) is 0.154. The topological polar surface area (TPSA) is 96.7 Å². The minimum absolute atomic E-state index is 0.0207. The summed E-state index contributed by atoms with van der Waals surface area (Å²) >= 11 is 6.16. The molecule has 2 aromatic rings. The highest BCUT2D eigenvalue weighted by molar-refractivity contribution is 7.89. The molecular formula is C22H23ClN2O5S. The van der Waals surface area contributed by atoms with Gasteiger partial charge in [-0.3, -0.25) is 0 Å². The van der Waals surface area contributed by atoms with E-state index in [9.17, 15) is 13.2 Å². The molecule has 1 aliphatic heterocycles. The van der Waals surface area contributed by atoms with Crippen LogP contribution in [0.25, 0.3) is 0 Å². The van der Waals surface area contributed by atoms with Crippen molar-refractivity contribution in [2.45, 2.75) is 24.7 Å². The molecule has 9 heteroatoms. The van der Waals surface area contributed by atoms with Crippen molar-refractivity contribution in [2.24, 2.45) is 5.92 Å². The van der Waals surface area contributed by atoms with Gasteiger partial charge in [-0.25, -0.2) is 13.2 Å². The van der Waals surface area contributed by atoms with Gasteiger partial charge in [0.25, 0.3) is 0 Å². The van der Waals surface area contributed by atoms with Crippen LogP contribution in [0, 0.1) is 17.2 Å². The van der Waals surface area contributed by atoms with Gasteiger partial charge in [-0.05, 0) is 61.2 Å². The largest absolute Gasteiger partial charge is 0.490 e. The maximum Gasteiger partial charge on any atom is 0.338 e. The second kappa shape index (κ2) is 10.1. The van der Waals surface area contributed by atoms with Crippen molar-refractivity contribution in [3.8, 4) is 11.8 Å². The molecule has 0 spiro atoms.